The average Bonchev–Trinajstić information content (AvgIpc) is 3.62. The minimum absolute atomic E-state index is 0.0472. The van der Waals surface area contributed by atoms with Crippen molar-refractivity contribution < 1.29 is 32.2 Å². The van der Waals surface area contributed by atoms with Crippen LogP contribution in [0.1, 0.15) is 51.7 Å². The van der Waals surface area contributed by atoms with Gasteiger partial charge in [0.15, 0.2) is 10.9 Å². The van der Waals surface area contributed by atoms with Gasteiger partial charge in [-0.05, 0) is 57.9 Å². The highest BCUT2D eigenvalue weighted by atomic mass is 32.1. The van der Waals surface area contributed by atoms with E-state index in [1.165, 1.54) is 36.7 Å². The number of likely N-dealkylation sites (tertiary alicyclic amines) is 1. The molecule has 1 fully saturated rings. The number of halogens is 3. The van der Waals surface area contributed by atoms with Crippen molar-refractivity contribution in [2.24, 2.45) is 0 Å². The Labute approximate surface area is 256 Å². The number of carbonyl (C=O) groups excluding carboxylic acids is 2. The van der Waals surface area contributed by atoms with Gasteiger partial charge in [-0.15, -0.1) is 6.42 Å². The Kier molecular flexibility index (Phi) is 9.74. The molecule has 9 nitrogen and oxygen atoms in total. The first-order chi connectivity index (χ1) is 20.7. The maximum Gasteiger partial charge on any atom is 0.416 e. The van der Waals surface area contributed by atoms with Crippen LogP contribution in [0.15, 0.2) is 48.8 Å². The van der Waals surface area contributed by atoms with Crippen LogP contribution in [-0.2, 0) is 15.7 Å². The predicted octanol–water partition coefficient (Wildman–Crippen LogP) is 7.52. The van der Waals surface area contributed by atoms with Gasteiger partial charge in [0.25, 0.3) is 0 Å². The molecule has 0 bridgehead atoms. The summed E-state index contributed by atoms with van der Waals surface area (Å²) in [6.07, 6.45) is 4.21. The second-order valence-electron chi connectivity index (χ2n) is 10.7. The van der Waals surface area contributed by atoms with Crippen molar-refractivity contribution in [1.82, 2.24) is 19.9 Å². The van der Waals surface area contributed by atoms with Crippen molar-refractivity contribution in [1.29, 1.82) is 0 Å². The number of ether oxygens (including phenoxy) is 2. The molecule has 3 heterocycles. The van der Waals surface area contributed by atoms with E-state index in [2.05, 4.69) is 26.2 Å². The SMILES string of the molecule is C#Cc1cc(C(F)(F)F)ccc1-c1cc(Oc2cccc3sc(NC(C)=O)nc23)ncn1.CC(C)(C)OC(=O)N1CCCC1. The Morgan fingerprint density at radius 3 is 2.43 bits per heavy atom. The van der Waals surface area contributed by atoms with Crippen LogP contribution in [0, 0.1) is 12.3 Å². The molecule has 4 aromatic rings. The quantitative estimate of drug-likeness (QED) is 0.234. The fourth-order valence-corrected chi connectivity index (χ4v) is 5.08. The maximum absolute atomic E-state index is 13.0. The van der Waals surface area contributed by atoms with Crippen LogP contribution in [0.3, 0.4) is 0 Å². The van der Waals surface area contributed by atoms with Crippen molar-refractivity contribution in [3.05, 3.63) is 59.9 Å². The van der Waals surface area contributed by atoms with E-state index in [4.69, 9.17) is 15.9 Å². The molecule has 2 aromatic heterocycles. The molecule has 1 aliphatic heterocycles. The number of nitrogens with one attached hydrogen (secondary N) is 1. The van der Waals surface area contributed by atoms with Crippen LogP contribution in [0.25, 0.3) is 21.5 Å². The van der Waals surface area contributed by atoms with Gasteiger partial charge in [0.2, 0.25) is 11.8 Å². The summed E-state index contributed by atoms with van der Waals surface area (Å²) in [5.74, 6) is 2.58. The molecular weight excluding hydrogens is 595 g/mol. The first-order valence-electron chi connectivity index (χ1n) is 13.6. The summed E-state index contributed by atoms with van der Waals surface area (Å²) >= 11 is 1.29. The summed E-state index contributed by atoms with van der Waals surface area (Å²) < 4.78 is 50.9. The summed E-state index contributed by atoms with van der Waals surface area (Å²) in [6, 6.07) is 9.87. The van der Waals surface area contributed by atoms with Crippen LogP contribution in [-0.4, -0.2) is 50.5 Å². The molecule has 44 heavy (non-hydrogen) atoms. The highest BCUT2D eigenvalue weighted by Crippen LogP contribution is 2.36. The number of amides is 2. The maximum atomic E-state index is 13.0. The Morgan fingerprint density at radius 1 is 1.07 bits per heavy atom. The Bertz CT molecular complexity index is 1700. The zero-order chi connectivity index (χ0) is 32.1. The summed E-state index contributed by atoms with van der Waals surface area (Å²) in [5, 5.41) is 3.06. The highest BCUT2D eigenvalue weighted by molar-refractivity contribution is 7.22. The normalized spacial score (nSPS) is 13.1. The molecule has 0 unspecified atom stereocenters. The zero-order valence-corrected chi connectivity index (χ0v) is 25.3. The molecule has 0 radical (unpaired) electrons. The number of hydrogen-bond acceptors (Lipinski definition) is 8. The number of para-hydroxylation sites is 1. The number of aromatic nitrogens is 3. The minimum Gasteiger partial charge on any atom is -0.444 e. The predicted molar refractivity (Wildman–Crippen MR) is 161 cm³/mol. The van der Waals surface area contributed by atoms with Gasteiger partial charge in [-0.1, -0.05) is 29.4 Å². The molecule has 1 aliphatic rings. The summed E-state index contributed by atoms with van der Waals surface area (Å²) in [4.78, 5) is 37.0. The average molecular weight is 626 g/mol. The largest absolute Gasteiger partial charge is 0.444 e. The molecule has 13 heteroatoms. The Morgan fingerprint density at radius 2 is 1.80 bits per heavy atom. The second-order valence-corrected chi connectivity index (χ2v) is 11.8. The van der Waals surface area contributed by atoms with Gasteiger partial charge in [0, 0.05) is 37.2 Å². The van der Waals surface area contributed by atoms with Crippen molar-refractivity contribution in [2.45, 2.75) is 52.3 Å². The molecule has 5 rings (SSSR count). The third kappa shape index (κ3) is 8.44. The molecule has 0 spiro atoms. The topological polar surface area (TPSA) is 107 Å². The number of terminal acetylenes is 1. The third-order valence-corrected chi connectivity index (χ3v) is 6.99. The van der Waals surface area contributed by atoms with E-state index in [1.807, 2.05) is 26.8 Å². The molecule has 1 saturated heterocycles. The molecular formula is C31H30F3N5O4S. The lowest BCUT2D eigenvalue weighted by atomic mass is 10.0. The lowest BCUT2D eigenvalue weighted by Gasteiger charge is -2.23. The molecule has 2 amide bonds. The number of benzene rings is 2. The van der Waals surface area contributed by atoms with Gasteiger partial charge >= 0.3 is 12.3 Å². The van der Waals surface area contributed by atoms with Gasteiger partial charge in [0.05, 0.1) is 16.0 Å². The lowest BCUT2D eigenvalue weighted by molar-refractivity contribution is -0.137. The minimum atomic E-state index is -4.51. The molecule has 230 valence electrons. The van der Waals surface area contributed by atoms with Gasteiger partial charge in [-0.2, -0.15) is 13.2 Å². The first kappa shape index (κ1) is 32.2. The standard InChI is InChI=1S/C22H13F3N4O2S.C9H17NO2/c1-3-13-9-14(22(23,24)25)7-8-15(13)16-10-19(27-11-26-16)31-17-5-4-6-18-20(17)29-21(32-18)28-12(2)30;1-9(2,3)12-8(11)10-6-4-5-7-10/h1,4-11H,2H3,(H,28,29,30);4-7H2,1-3H3. The van der Waals surface area contributed by atoms with Crippen molar-refractivity contribution in [2.75, 3.05) is 18.4 Å². The van der Waals surface area contributed by atoms with Crippen molar-refractivity contribution in [3.8, 4) is 35.2 Å². The van der Waals surface area contributed by atoms with Crippen LogP contribution in [0.4, 0.5) is 23.1 Å². The fourth-order valence-electron chi connectivity index (χ4n) is 4.15. The van der Waals surface area contributed by atoms with Crippen molar-refractivity contribution >= 4 is 38.7 Å². The third-order valence-electron chi connectivity index (χ3n) is 6.06. The molecule has 0 saturated carbocycles. The Balaban J connectivity index is 0.000000309. The second kappa shape index (κ2) is 13.3. The van der Waals surface area contributed by atoms with Gasteiger partial charge in [-0.25, -0.2) is 19.7 Å². The van der Waals surface area contributed by atoms with Gasteiger partial charge in [-0.3, -0.25) is 4.79 Å². The fraction of sp³-hybridized carbons (Fsp3) is 0.323. The summed E-state index contributed by atoms with van der Waals surface area (Å²) in [7, 11) is 0. The number of fused-ring (bicyclic) bond motifs is 1. The van der Waals surface area contributed by atoms with Crippen LogP contribution in [0.2, 0.25) is 0 Å². The number of nitrogens with zero attached hydrogens (tertiary/aromatic N) is 4. The highest BCUT2D eigenvalue weighted by Gasteiger charge is 2.31. The van der Waals surface area contributed by atoms with E-state index in [9.17, 15) is 22.8 Å². The van der Waals surface area contributed by atoms with Gasteiger partial charge < -0.3 is 19.7 Å². The number of alkyl halides is 3. The van der Waals surface area contributed by atoms with E-state index in [0.717, 1.165) is 42.8 Å². The number of carbonyl (C=O) groups is 2. The van der Waals surface area contributed by atoms with E-state index in [-0.39, 0.29) is 29.0 Å². The number of thiazole rings is 1. The summed E-state index contributed by atoms with van der Waals surface area (Å²) in [6.45, 7) is 8.77. The first-order valence-corrected chi connectivity index (χ1v) is 14.4. The summed E-state index contributed by atoms with van der Waals surface area (Å²) in [5.41, 5.74) is 0.0180. The van der Waals surface area contributed by atoms with Gasteiger partial charge in [0.1, 0.15) is 17.4 Å². The van der Waals surface area contributed by atoms with Crippen LogP contribution in [0.5, 0.6) is 11.6 Å². The van der Waals surface area contributed by atoms with E-state index in [0.29, 0.717) is 27.7 Å². The van der Waals surface area contributed by atoms with Crippen molar-refractivity contribution in [3.63, 3.8) is 0 Å². The van der Waals surface area contributed by atoms with E-state index >= 15 is 0 Å². The molecule has 0 aliphatic carbocycles. The smallest absolute Gasteiger partial charge is 0.416 e. The Hall–Kier alpha value is -4.70. The number of hydrogen-bond donors (Lipinski definition) is 1. The van der Waals surface area contributed by atoms with Crippen LogP contribution < -0.4 is 10.1 Å². The zero-order valence-electron chi connectivity index (χ0n) is 24.5. The molecule has 2 aromatic carbocycles. The van der Waals surface area contributed by atoms with E-state index < -0.39 is 11.7 Å². The van der Waals surface area contributed by atoms with Crippen LogP contribution >= 0.6 is 11.3 Å². The molecule has 0 atom stereocenters. The number of anilines is 1. The number of rotatable bonds is 4. The van der Waals surface area contributed by atoms with E-state index in [1.54, 1.807) is 17.0 Å². The monoisotopic (exact) mass is 625 g/mol. The lowest BCUT2D eigenvalue weighted by Crippen LogP contribution is -2.34. The molecule has 1 N–H and O–H groups in total.